The number of imidazole rings is 1. The van der Waals surface area contributed by atoms with E-state index < -0.39 is 0 Å². The Bertz CT molecular complexity index is 799. The van der Waals surface area contributed by atoms with Crippen LogP contribution in [-0.2, 0) is 6.54 Å². The van der Waals surface area contributed by atoms with Crippen LogP contribution >= 0.6 is 11.3 Å². The lowest BCUT2D eigenvalue weighted by Crippen LogP contribution is -2.37. The van der Waals surface area contributed by atoms with Crippen LogP contribution in [0, 0.1) is 26.7 Å². The smallest absolute Gasteiger partial charge is 0.214 e. The average molecular weight is 331 g/mol. The van der Waals surface area contributed by atoms with Gasteiger partial charge in [-0.2, -0.15) is 5.10 Å². The van der Waals surface area contributed by atoms with Crippen LogP contribution in [0.25, 0.3) is 4.96 Å². The zero-order valence-electron chi connectivity index (χ0n) is 13.7. The molecule has 1 aliphatic heterocycles. The Morgan fingerprint density at radius 3 is 2.83 bits per heavy atom. The third-order valence-corrected chi connectivity index (χ3v) is 5.32. The molecule has 0 saturated carbocycles. The highest BCUT2D eigenvalue weighted by Gasteiger charge is 2.24. The molecule has 0 unspecified atom stereocenters. The van der Waals surface area contributed by atoms with Crippen LogP contribution in [-0.4, -0.2) is 42.5 Å². The summed E-state index contributed by atoms with van der Waals surface area (Å²) < 4.78 is 3.94. The van der Waals surface area contributed by atoms with E-state index in [9.17, 15) is 0 Å². The van der Waals surface area contributed by atoms with Crippen LogP contribution in [0.2, 0.25) is 0 Å². The summed E-state index contributed by atoms with van der Waals surface area (Å²) in [6.45, 7) is 9.00. The topological polar surface area (TPSA) is 64.1 Å². The molecule has 0 amide bonds. The first-order chi connectivity index (χ1) is 11.1. The van der Waals surface area contributed by atoms with Gasteiger partial charge in [0, 0.05) is 19.6 Å². The normalized spacial score (nSPS) is 18.9. The van der Waals surface area contributed by atoms with Gasteiger partial charge in [-0.1, -0.05) is 11.3 Å². The standard InChI is InChI=1S/C15H21N7S/c1-10-7-22-14(16-10)23-15(19-22)20-6-4-5-13(8-20)9-21-12(3)17-11(2)18-21/h7,13H,4-6,8-9H2,1-3H3/t13-/m1/s1. The quantitative estimate of drug-likeness (QED) is 0.736. The van der Waals surface area contributed by atoms with Crippen LogP contribution in [0.1, 0.15) is 30.2 Å². The molecule has 1 fully saturated rings. The molecule has 0 spiro atoms. The predicted molar refractivity (Wildman–Crippen MR) is 90.0 cm³/mol. The monoisotopic (exact) mass is 331 g/mol. The van der Waals surface area contributed by atoms with E-state index in [-0.39, 0.29) is 0 Å². The van der Waals surface area contributed by atoms with Gasteiger partial charge in [-0.25, -0.2) is 19.2 Å². The molecule has 7 nitrogen and oxygen atoms in total. The van der Waals surface area contributed by atoms with Gasteiger partial charge in [-0.3, -0.25) is 0 Å². The van der Waals surface area contributed by atoms with Gasteiger partial charge in [0.15, 0.2) is 0 Å². The molecule has 4 rings (SSSR count). The second-order valence-electron chi connectivity index (χ2n) is 6.34. The Labute approximate surface area is 139 Å². The molecule has 0 aromatic carbocycles. The summed E-state index contributed by atoms with van der Waals surface area (Å²) in [7, 11) is 0. The van der Waals surface area contributed by atoms with Crippen molar-refractivity contribution in [3.63, 3.8) is 0 Å². The van der Waals surface area contributed by atoms with E-state index >= 15 is 0 Å². The van der Waals surface area contributed by atoms with Gasteiger partial charge >= 0.3 is 0 Å². The molecular formula is C15H21N7S. The summed E-state index contributed by atoms with van der Waals surface area (Å²) in [5, 5.41) is 10.3. The molecule has 0 aliphatic carbocycles. The van der Waals surface area contributed by atoms with Gasteiger partial charge in [0.1, 0.15) is 11.6 Å². The highest BCUT2D eigenvalue weighted by Crippen LogP contribution is 2.28. The van der Waals surface area contributed by atoms with Crippen molar-refractivity contribution in [2.45, 2.75) is 40.2 Å². The summed E-state index contributed by atoms with van der Waals surface area (Å²) >= 11 is 1.67. The highest BCUT2D eigenvalue weighted by molar-refractivity contribution is 7.20. The maximum atomic E-state index is 4.68. The molecule has 1 saturated heterocycles. The van der Waals surface area contributed by atoms with Crippen molar-refractivity contribution >= 4 is 21.4 Å². The summed E-state index contributed by atoms with van der Waals surface area (Å²) in [5.74, 6) is 2.44. The molecule has 122 valence electrons. The Hall–Kier alpha value is -1.96. The minimum Gasteiger partial charge on any atom is -0.346 e. The number of fused-ring (bicyclic) bond motifs is 1. The summed E-state index contributed by atoms with van der Waals surface area (Å²) in [5.41, 5.74) is 1.02. The van der Waals surface area contributed by atoms with E-state index in [0.29, 0.717) is 5.92 Å². The predicted octanol–water partition coefficient (Wildman–Crippen LogP) is 2.22. The van der Waals surface area contributed by atoms with Gasteiger partial charge in [0.05, 0.1) is 11.9 Å². The molecule has 8 heteroatoms. The van der Waals surface area contributed by atoms with E-state index in [1.807, 2.05) is 36.2 Å². The van der Waals surface area contributed by atoms with Crippen molar-refractivity contribution in [1.82, 2.24) is 29.4 Å². The minimum atomic E-state index is 0.585. The molecule has 23 heavy (non-hydrogen) atoms. The first kappa shape index (κ1) is 14.6. The van der Waals surface area contributed by atoms with Gasteiger partial charge in [0.2, 0.25) is 10.1 Å². The minimum absolute atomic E-state index is 0.585. The summed E-state index contributed by atoms with van der Waals surface area (Å²) in [6.07, 6.45) is 4.41. The lowest BCUT2D eigenvalue weighted by molar-refractivity contribution is 0.347. The second kappa shape index (κ2) is 5.59. The number of anilines is 1. The second-order valence-corrected chi connectivity index (χ2v) is 7.27. The lowest BCUT2D eigenvalue weighted by Gasteiger charge is -2.32. The Kier molecular flexibility index (Phi) is 3.56. The molecule has 0 N–H and O–H groups in total. The van der Waals surface area contributed by atoms with Gasteiger partial charge in [0.25, 0.3) is 0 Å². The zero-order chi connectivity index (χ0) is 16.0. The van der Waals surface area contributed by atoms with Crippen molar-refractivity contribution < 1.29 is 0 Å². The van der Waals surface area contributed by atoms with E-state index in [4.69, 9.17) is 0 Å². The van der Waals surface area contributed by atoms with Gasteiger partial charge < -0.3 is 4.90 Å². The highest BCUT2D eigenvalue weighted by atomic mass is 32.1. The molecule has 1 aliphatic rings. The fraction of sp³-hybridized carbons (Fsp3) is 0.600. The average Bonchev–Trinajstić information content (AvgIpc) is 3.12. The van der Waals surface area contributed by atoms with Crippen LogP contribution in [0.5, 0.6) is 0 Å². The number of rotatable bonds is 3. The fourth-order valence-corrected chi connectivity index (χ4v) is 4.26. The Morgan fingerprint density at radius 1 is 1.22 bits per heavy atom. The van der Waals surface area contributed by atoms with Crippen LogP contribution < -0.4 is 4.90 Å². The number of hydrogen-bond donors (Lipinski definition) is 0. The number of aryl methyl sites for hydroxylation is 3. The fourth-order valence-electron chi connectivity index (χ4n) is 3.29. The maximum absolute atomic E-state index is 4.68. The molecular weight excluding hydrogens is 310 g/mol. The number of aromatic nitrogens is 6. The number of piperidine rings is 1. The first-order valence-corrected chi connectivity index (χ1v) is 8.86. The van der Waals surface area contributed by atoms with Crippen LogP contribution in [0.3, 0.4) is 0 Å². The summed E-state index contributed by atoms with van der Waals surface area (Å²) in [4.78, 5) is 12.3. The lowest BCUT2D eigenvalue weighted by atomic mass is 9.98. The van der Waals surface area contributed by atoms with E-state index in [2.05, 4.69) is 25.1 Å². The summed E-state index contributed by atoms with van der Waals surface area (Å²) in [6, 6.07) is 0. The molecule has 3 aromatic heterocycles. The maximum Gasteiger partial charge on any atom is 0.214 e. The van der Waals surface area contributed by atoms with Crippen LogP contribution in [0.4, 0.5) is 5.13 Å². The van der Waals surface area contributed by atoms with Crippen molar-refractivity contribution in [2.24, 2.45) is 5.92 Å². The van der Waals surface area contributed by atoms with E-state index in [1.54, 1.807) is 11.3 Å². The number of nitrogens with zero attached hydrogens (tertiary/aromatic N) is 7. The van der Waals surface area contributed by atoms with Gasteiger partial charge in [-0.15, -0.1) is 5.10 Å². The van der Waals surface area contributed by atoms with Crippen molar-refractivity contribution in [3.8, 4) is 0 Å². The van der Waals surface area contributed by atoms with E-state index in [0.717, 1.165) is 47.1 Å². The SMILES string of the molecule is Cc1cn2nc(N3CCC[C@@H](Cn4nc(C)nc4C)C3)sc2n1. The van der Waals surface area contributed by atoms with E-state index in [1.165, 1.54) is 12.8 Å². The third-order valence-electron chi connectivity index (χ3n) is 4.34. The number of hydrogen-bond acceptors (Lipinski definition) is 6. The molecule has 0 radical (unpaired) electrons. The largest absolute Gasteiger partial charge is 0.346 e. The van der Waals surface area contributed by atoms with Crippen molar-refractivity contribution in [2.75, 3.05) is 18.0 Å². The first-order valence-electron chi connectivity index (χ1n) is 8.04. The Balaban J connectivity index is 1.49. The van der Waals surface area contributed by atoms with Gasteiger partial charge in [-0.05, 0) is 39.5 Å². The molecule has 1 atom stereocenters. The molecule has 3 aromatic rings. The van der Waals surface area contributed by atoms with Crippen LogP contribution in [0.15, 0.2) is 6.20 Å². The zero-order valence-corrected chi connectivity index (χ0v) is 14.5. The Morgan fingerprint density at radius 2 is 2.09 bits per heavy atom. The third kappa shape index (κ3) is 2.83. The van der Waals surface area contributed by atoms with Crippen molar-refractivity contribution in [1.29, 1.82) is 0 Å². The van der Waals surface area contributed by atoms with Crippen molar-refractivity contribution in [3.05, 3.63) is 23.5 Å². The molecule has 0 bridgehead atoms. The molecule has 4 heterocycles.